The third-order valence-electron chi connectivity index (χ3n) is 9.95. The highest BCUT2D eigenvalue weighted by Gasteiger charge is 2.47. The Hall–Kier alpha value is -2.79. The third kappa shape index (κ3) is 8.37. The van der Waals surface area contributed by atoms with Crippen molar-refractivity contribution in [3.63, 3.8) is 0 Å². The number of carbonyl (C=O) groups is 1. The van der Waals surface area contributed by atoms with Crippen LogP contribution in [0.1, 0.15) is 81.0 Å². The van der Waals surface area contributed by atoms with Gasteiger partial charge in [-0.3, -0.25) is 4.79 Å². The number of hydrogen-bond donors (Lipinski definition) is 0. The molecule has 0 bridgehead atoms. The van der Waals surface area contributed by atoms with Crippen molar-refractivity contribution < 1.29 is 35.9 Å². The summed E-state index contributed by atoms with van der Waals surface area (Å²) >= 11 is 0. The van der Waals surface area contributed by atoms with E-state index in [0.717, 1.165) is 44.6 Å². The molecule has 46 heavy (non-hydrogen) atoms. The van der Waals surface area contributed by atoms with E-state index < -0.39 is 28.9 Å². The molecule has 2 aromatic carbocycles. The Bertz CT molecular complexity index is 1330. The van der Waals surface area contributed by atoms with Crippen LogP contribution in [0.4, 0.5) is 26.3 Å². The first-order valence-corrected chi connectivity index (χ1v) is 16.5. The minimum Gasteiger partial charge on any atom is -0.491 e. The maximum Gasteiger partial charge on any atom is 0.417 e. The average Bonchev–Trinajstić information content (AvgIpc) is 3.45. The van der Waals surface area contributed by atoms with Gasteiger partial charge in [-0.05, 0) is 120 Å². The lowest BCUT2D eigenvalue weighted by Crippen LogP contribution is -2.47. The molecular weight excluding hydrogens is 608 g/mol. The van der Waals surface area contributed by atoms with Crippen molar-refractivity contribution in [2.24, 2.45) is 0 Å². The van der Waals surface area contributed by atoms with Crippen LogP contribution in [0.3, 0.4) is 0 Å². The molecular formula is C35H45F6N3O2. The summed E-state index contributed by atoms with van der Waals surface area (Å²) in [6.07, 6.45) is -3.66. The normalized spacial score (nSPS) is 22.5. The van der Waals surface area contributed by atoms with E-state index >= 15 is 0 Å². The van der Waals surface area contributed by atoms with Crippen molar-refractivity contribution in [1.29, 1.82) is 0 Å². The van der Waals surface area contributed by atoms with Crippen molar-refractivity contribution in [1.82, 2.24) is 14.7 Å². The van der Waals surface area contributed by atoms with E-state index in [9.17, 15) is 31.1 Å². The lowest BCUT2D eigenvalue weighted by atomic mass is 9.75. The second kappa shape index (κ2) is 14.1. The highest BCUT2D eigenvalue weighted by molar-refractivity contribution is 5.79. The molecule has 5 nitrogen and oxygen atoms in total. The second-order valence-corrected chi connectivity index (χ2v) is 13.5. The van der Waals surface area contributed by atoms with Crippen LogP contribution in [0.25, 0.3) is 0 Å². The van der Waals surface area contributed by atoms with Gasteiger partial charge in [0, 0.05) is 24.5 Å². The number of rotatable bonds is 9. The highest BCUT2D eigenvalue weighted by Crippen LogP contribution is 2.45. The van der Waals surface area contributed by atoms with Crippen molar-refractivity contribution in [2.75, 3.05) is 45.8 Å². The lowest BCUT2D eigenvalue weighted by Gasteiger charge is -2.41. The van der Waals surface area contributed by atoms with Crippen LogP contribution in [0.15, 0.2) is 42.5 Å². The molecule has 3 heterocycles. The summed E-state index contributed by atoms with van der Waals surface area (Å²) in [5.41, 5.74) is -3.30. The molecule has 0 saturated carbocycles. The van der Waals surface area contributed by atoms with Gasteiger partial charge >= 0.3 is 12.4 Å². The number of halogens is 6. The molecule has 3 aliphatic rings. The van der Waals surface area contributed by atoms with Crippen molar-refractivity contribution >= 4 is 5.91 Å². The molecule has 0 aliphatic carbocycles. The number of alkyl halides is 6. The Morgan fingerprint density at radius 1 is 0.891 bits per heavy atom. The predicted molar refractivity (Wildman–Crippen MR) is 165 cm³/mol. The number of piperidine rings is 2. The maximum atomic E-state index is 14.0. The monoisotopic (exact) mass is 653 g/mol. The largest absolute Gasteiger partial charge is 0.491 e. The number of nitrogens with zero attached hydrogens (tertiary/aromatic N) is 3. The molecule has 0 aromatic heterocycles. The average molecular weight is 654 g/mol. The summed E-state index contributed by atoms with van der Waals surface area (Å²) in [6, 6.07) is 10.2. The maximum absolute atomic E-state index is 14.0. The van der Waals surface area contributed by atoms with E-state index in [2.05, 4.69) is 9.80 Å². The highest BCUT2D eigenvalue weighted by atomic mass is 19.4. The summed E-state index contributed by atoms with van der Waals surface area (Å²) in [7, 11) is 0. The summed E-state index contributed by atoms with van der Waals surface area (Å²) in [5, 5.41) is 0. The minimum atomic E-state index is -5.17. The Morgan fingerprint density at radius 2 is 1.59 bits per heavy atom. The molecule has 3 saturated heterocycles. The van der Waals surface area contributed by atoms with Crippen molar-refractivity contribution in [3.05, 3.63) is 64.7 Å². The summed E-state index contributed by atoms with van der Waals surface area (Å²) in [4.78, 5) is 20.1. The van der Waals surface area contributed by atoms with E-state index in [4.69, 9.17) is 4.74 Å². The van der Waals surface area contributed by atoms with E-state index in [1.54, 1.807) is 11.0 Å². The number of ether oxygens (including phenoxy) is 1. The predicted octanol–water partition coefficient (Wildman–Crippen LogP) is 7.56. The summed E-state index contributed by atoms with van der Waals surface area (Å²) in [6.45, 7) is 8.89. The quantitative estimate of drug-likeness (QED) is 0.262. The first-order chi connectivity index (χ1) is 21.7. The van der Waals surface area contributed by atoms with Crippen molar-refractivity contribution in [3.8, 4) is 5.75 Å². The van der Waals surface area contributed by atoms with Gasteiger partial charge in [0.05, 0.1) is 23.7 Å². The van der Waals surface area contributed by atoms with Gasteiger partial charge < -0.3 is 19.4 Å². The Kier molecular flexibility index (Phi) is 10.6. The van der Waals surface area contributed by atoms with Gasteiger partial charge in [0.25, 0.3) is 0 Å². The van der Waals surface area contributed by atoms with E-state index in [0.29, 0.717) is 49.9 Å². The fraction of sp³-hybridized carbons (Fsp3) is 0.629. The van der Waals surface area contributed by atoms with Crippen LogP contribution in [0, 0.1) is 0 Å². The van der Waals surface area contributed by atoms with Crippen molar-refractivity contribution in [2.45, 2.75) is 95.1 Å². The number of amides is 1. The second-order valence-electron chi connectivity index (χ2n) is 13.5. The molecule has 1 amide bonds. The molecule has 3 aliphatic heterocycles. The number of hydrogen-bond acceptors (Lipinski definition) is 4. The SMILES string of the molecule is CC(C)Oc1cccc(CC(=O)N2CC[C@@](CCN3CCC(N4CCCCC4)CC3)(c3ccc(C(F)(F)F)c(C(F)(F)F)c3)C2)c1. The van der Waals surface area contributed by atoms with Gasteiger partial charge in [-0.1, -0.05) is 24.6 Å². The van der Waals surface area contributed by atoms with Crippen LogP contribution in [-0.2, 0) is 29.0 Å². The molecule has 2 aromatic rings. The smallest absolute Gasteiger partial charge is 0.417 e. The molecule has 0 N–H and O–H groups in total. The number of benzene rings is 2. The van der Waals surface area contributed by atoms with Gasteiger partial charge in [-0.15, -0.1) is 0 Å². The fourth-order valence-electron chi connectivity index (χ4n) is 7.48. The molecule has 254 valence electrons. The zero-order valence-corrected chi connectivity index (χ0v) is 26.7. The summed E-state index contributed by atoms with van der Waals surface area (Å²) < 4.78 is 88.7. The summed E-state index contributed by atoms with van der Waals surface area (Å²) in [5.74, 6) is 0.471. The zero-order chi connectivity index (χ0) is 33.1. The molecule has 1 atom stereocenters. The van der Waals surface area contributed by atoms with Gasteiger partial charge in [0.1, 0.15) is 5.75 Å². The van der Waals surface area contributed by atoms with E-state index in [1.807, 2.05) is 32.0 Å². The van der Waals surface area contributed by atoms with Crippen LogP contribution < -0.4 is 4.74 Å². The van der Waals surface area contributed by atoms with Crippen LogP contribution in [-0.4, -0.2) is 78.6 Å². The van der Waals surface area contributed by atoms with E-state index in [1.165, 1.54) is 25.3 Å². The molecule has 5 rings (SSSR count). The topological polar surface area (TPSA) is 36.0 Å². The Labute approximate surface area is 267 Å². The molecule has 0 radical (unpaired) electrons. The minimum absolute atomic E-state index is 0.0361. The van der Waals surface area contributed by atoms with Gasteiger partial charge in [-0.25, -0.2) is 0 Å². The fourth-order valence-corrected chi connectivity index (χ4v) is 7.48. The molecule has 11 heteroatoms. The standard InChI is InChI=1S/C35H45F6N3O2/c1-25(2)46-29-8-6-7-26(21-29)22-32(45)44-20-14-33(24-44,27-9-10-30(34(36,37)38)31(23-27)35(39,40)41)13-19-42-17-11-28(12-18-42)43-15-4-3-5-16-43/h6-10,21,23,25,28H,3-5,11-20,22,24H2,1-2H3/t33-/m1/s1. The lowest BCUT2D eigenvalue weighted by molar-refractivity contribution is -0.162. The molecule has 0 spiro atoms. The van der Waals surface area contributed by atoms with Gasteiger partial charge in [0.15, 0.2) is 0 Å². The van der Waals surface area contributed by atoms with Crippen LogP contribution >= 0.6 is 0 Å². The van der Waals surface area contributed by atoms with Crippen LogP contribution in [0.5, 0.6) is 5.75 Å². The molecule has 0 unspecified atom stereocenters. The molecule has 3 fully saturated rings. The Morgan fingerprint density at radius 3 is 2.24 bits per heavy atom. The van der Waals surface area contributed by atoms with E-state index in [-0.39, 0.29) is 30.5 Å². The third-order valence-corrected chi connectivity index (χ3v) is 9.95. The van der Waals surface area contributed by atoms with Gasteiger partial charge in [0.2, 0.25) is 5.91 Å². The first-order valence-electron chi connectivity index (χ1n) is 16.5. The number of likely N-dealkylation sites (tertiary alicyclic amines) is 3. The van der Waals surface area contributed by atoms with Gasteiger partial charge in [-0.2, -0.15) is 26.3 Å². The van der Waals surface area contributed by atoms with Crippen LogP contribution in [0.2, 0.25) is 0 Å². The zero-order valence-electron chi connectivity index (χ0n) is 26.7. The first kappa shape index (κ1) is 34.5. The Balaban J connectivity index is 1.35. The number of carbonyl (C=O) groups excluding carboxylic acids is 1.